The van der Waals surface area contributed by atoms with Crippen molar-refractivity contribution in [2.45, 2.75) is 38.2 Å². The molecule has 0 aliphatic carbocycles. The zero-order valence-corrected chi connectivity index (χ0v) is 22.7. The first kappa shape index (κ1) is 27.6. The molecule has 1 saturated heterocycles. The van der Waals surface area contributed by atoms with Gasteiger partial charge in [0.2, 0.25) is 0 Å². The average Bonchev–Trinajstić information content (AvgIpc) is 3.49. The first-order valence-electron chi connectivity index (χ1n) is 13.5. The molecule has 2 aliphatic rings. The number of nitro groups is 1. The summed E-state index contributed by atoms with van der Waals surface area (Å²) in [7, 11) is 1.54. The summed E-state index contributed by atoms with van der Waals surface area (Å²) in [5.74, 6) is 1.00. The maximum absolute atomic E-state index is 13.7. The van der Waals surface area contributed by atoms with Gasteiger partial charge in [-0.05, 0) is 36.2 Å². The van der Waals surface area contributed by atoms with Crippen LogP contribution in [0.5, 0.6) is 11.5 Å². The van der Waals surface area contributed by atoms with E-state index in [9.17, 15) is 28.1 Å². The van der Waals surface area contributed by atoms with Crippen molar-refractivity contribution in [2.75, 3.05) is 32.3 Å². The van der Waals surface area contributed by atoms with Gasteiger partial charge in [0.15, 0.2) is 7.16 Å². The van der Waals surface area contributed by atoms with Crippen LogP contribution in [0.4, 0.5) is 24.7 Å². The molecule has 5 rings (SSSR count). The molecule has 222 valence electrons. The number of hydrogen-bond acceptors (Lipinski definition) is 8. The fourth-order valence-corrected chi connectivity index (χ4v) is 4.72. The lowest BCUT2D eigenvalue weighted by Gasteiger charge is -2.27. The monoisotopic (exact) mass is 588 g/mol. The van der Waals surface area contributed by atoms with Gasteiger partial charge in [0.25, 0.3) is 11.2 Å². The molecule has 14 heteroatoms. The average molecular weight is 589 g/mol. The molecule has 2 N–H and O–H groups in total. The van der Waals surface area contributed by atoms with E-state index >= 15 is 0 Å². The van der Waals surface area contributed by atoms with Crippen molar-refractivity contribution in [2.24, 2.45) is 4.99 Å². The number of non-ortho nitro benzene ring substituents is 1. The molecule has 0 unspecified atom stereocenters. The van der Waals surface area contributed by atoms with Crippen molar-refractivity contribution in [3.05, 3.63) is 91.3 Å². The summed E-state index contributed by atoms with van der Waals surface area (Å²) in [6, 6.07) is 9.83. The first-order chi connectivity index (χ1) is 20.4. The first-order valence-corrected chi connectivity index (χ1v) is 13.0. The van der Waals surface area contributed by atoms with Crippen molar-refractivity contribution in [1.29, 1.82) is 0 Å². The molecular formula is C28H28F3N5O6. The third-order valence-electron chi connectivity index (χ3n) is 6.93. The van der Waals surface area contributed by atoms with Gasteiger partial charge in [-0.1, -0.05) is 12.1 Å². The highest BCUT2D eigenvalue weighted by molar-refractivity contribution is 6.04. The number of aromatic nitrogens is 1. The number of nitrogens with zero attached hydrogens (tertiary/aromatic N) is 3. The molecule has 2 atom stereocenters. The Balaban J connectivity index is 1.62. The largest absolute Gasteiger partial charge is 0.497 e. The molecule has 1 fully saturated rings. The number of methoxy groups -OCH3 is 1. The summed E-state index contributed by atoms with van der Waals surface area (Å²) >= 11 is 0. The summed E-state index contributed by atoms with van der Waals surface area (Å²) in [6.07, 6.45) is -4.61. The summed E-state index contributed by atoms with van der Waals surface area (Å²) in [6.45, 7) is 2.27. The van der Waals surface area contributed by atoms with E-state index in [1.54, 1.807) is 31.4 Å². The van der Waals surface area contributed by atoms with E-state index in [4.69, 9.17) is 15.6 Å². The molecular weight excluding hydrogens is 559 g/mol. The second-order valence-electron chi connectivity index (χ2n) is 9.80. The van der Waals surface area contributed by atoms with Crippen molar-refractivity contribution < 1.29 is 33.7 Å². The van der Waals surface area contributed by atoms with Gasteiger partial charge in [0.05, 0.1) is 55.6 Å². The summed E-state index contributed by atoms with van der Waals surface area (Å²) < 4.78 is 67.2. The van der Waals surface area contributed by atoms with Crippen LogP contribution in [0.2, 0.25) is 1.41 Å². The number of rotatable bonds is 8. The number of hydrogen-bond donors (Lipinski definition) is 2. The third kappa shape index (κ3) is 6.17. The number of nitrogens with one attached hydrogen (secondary N) is 2. The van der Waals surface area contributed by atoms with Gasteiger partial charge >= 0.3 is 6.18 Å². The number of nitro benzene ring substituents is 1. The number of pyridine rings is 1. The summed E-state index contributed by atoms with van der Waals surface area (Å²) in [4.78, 5) is 28.7. The molecule has 1 aromatic heterocycles. The van der Waals surface area contributed by atoms with Crippen LogP contribution in [0.3, 0.4) is 0 Å². The Morgan fingerprint density at radius 3 is 2.67 bits per heavy atom. The molecule has 0 bridgehead atoms. The lowest BCUT2D eigenvalue weighted by atomic mass is 10.0. The molecule has 11 nitrogen and oxygen atoms in total. The van der Waals surface area contributed by atoms with Crippen LogP contribution in [0.15, 0.2) is 58.3 Å². The van der Waals surface area contributed by atoms with E-state index in [0.717, 1.165) is 23.0 Å². The minimum Gasteiger partial charge on any atom is -0.497 e. The van der Waals surface area contributed by atoms with E-state index in [-0.39, 0.29) is 36.5 Å². The van der Waals surface area contributed by atoms with Crippen LogP contribution < -0.4 is 25.7 Å². The molecule has 0 saturated carbocycles. The Morgan fingerprint density at radius 1 is 1.26 bits per heavy atom. The second kappa shape index (κ2) is 11.7. The predicted molar refractivity (Wildman–Crippen MR) is 147 cm³/mol. The molecule has 3 heterocycles. The molecule has 2 aliphatic heterocycles. The normalized spacial score (nSPS) is 18.7. The van der Waals surface area contributed by atoms with E-state index in [1.807, 2.05) is 0 Å². The lowest BCUT2D eigenvalue weighted by Crippen LogP contribution is -2.40. The highest BCUT2D eigenvalue weighted by Gasteiger charge is 2.33. The van der Waals surface area contributed by atoms with E-state index < -0.39 is 34.0 Å². The van der Waals surface area contributed by atoms with Gasteiger partial charge in [-0.25, -0.2) is 0 Å². The number of alkyl halides is 3. The zero-order chi connectivity index (χ0) is 30.9. The van der Waals surface area contributed by atoms with Crippen LogP contribution in [-0.4, -0.2) is 48.4 Å². The standard InChI is InChI=1S/C28H28F3N5O6/c1-16(18-9-19(28(29,30)31)11-20(10-18)36(38)39)34-25-23-12-24(42-22-7-8-41-14-22)27(37)35(26(23)33-15-32-25)13-17-3-5-21(40-2)6-4-17/h3-6,9-12,16,22,33H,7-8,13-15H2,1-2H3,(H,32,34)/t16-,22+/m1/s1/i/hD. The number of anilines is 1. The van der Waals surface area contributed by atoms with Crippen LogP contribution in [0, 0.1) is 10.1 Å². The van der Waals surface area contributed by atoms with E-state index in [1.165, 1.54) is 17.6 Å². The van der Waals surface area contributed by atoms with Crippen LogP contribution >= 0.6 is 0 Å². The van der Waals surface area contributed by atoms with Crippen molar-refractivity contribution >= 4 is 17.3 Å². The number of benzene rings is 2. The third-order valence-corrected chi connectivity index (χ3v) is 6.93. The molecule has 0 spiro atoms. The Labute approximate surface area is 239 Å². The maximum Gasteiger partial charge on any atom is 0.416 e. The van der Waals surface area contributed by atoms with Crippen molar-refractivity contribution in [3.63, 3.8) is 0 Å². The maximum atomic E-state index is 13.7. The van der Waals surface area contributed by atoms with Crippen molar-refractivity contribution in [1.82, 2.24) is 9.88 Å². The van der Waals surface area contributed by atoms with Crippen LogP contribution in [0.1, 0.15) is 41.6 Å². The number of aliphatic imine (C=N–C) groups is 1. The fraction of sp³-hybridized carbons (Fsp3) is 0.357. The summed E-state index contributed by atoms with van der Waals surface area (Å²) in [5.41, 5.74) is -1.34. The van der Waals surface area contributed by atoms with Gasteiger partial charge < -0.3 is 24.8 Å². The smallest absolute Gasteiger partial charge is 0.416 e. The van der Waals surface area contributed by atoms with Gasteiger partial charge in [-0.15, -0.1) is 0 Å². The molecule has 42 heavy (non-hydrogen) atoms. The SMILES string of the molecule is [2H]N1CNc2c(cc(O[C@H]3CCOC3)c(=O)n2Cc2ccc(OC)cc2)C1=N[C@H](C)c1cc([N+](=O)[O-])cc(C(F)(F)F)c1. The van der Waals surface area contributed by atoms with Crippen LogP contribution in [0.25, 0.3) is 0 Å². The Kier molecular flexibility index (Phi) is 7.69. The molecule has 0 radical (unpaired) electrons. The number of amidine groups is 1. The summed E-state index contributed by atoms with van der Waals surface area (Å²) in [5, 5.41) is 15.4. The van der Waals surface area contributed by atoms with Gasteiger partial charge in [-0.3, -0.25) is 24.5 Å². The van der Waals surface area contributed by atoms with Gasteiger partial charge in [0, 0.05) is 24.6 Å². The second-order valence-corrected chi connectivity index (χ2v) is 9.80. The molecule has 3 aromatic rings. The quantitative estimate of drug-likeness (QED) is 0.291. The number of fused-ring (bicyclic) bond motifs is 1. The highest BCUT2D eigenvalue weighted by Crippen LogP contribution is 2.35. The van der Waals surface area contributed by atoms with Gasteiger partial charge in [-0.2, -0.15) is 13.2 Å². The Bertz CT molecular complexity index is 1610. The lowest BCUT2D eigenvalue weighted by molar-refractivity contribution is -0.385. The minimum atomic E-state index is -4.82. The fourth-order valence-electron chi connectivity index (χ4n) is 4.72. The molecule has 0 amide bonds. The Morgan fingerprint density at radius 2 is 2.02 bits per heavy atom. The van der Waals surface area contributed by atoms with E-state index in [0.29, 0.717) is 42.8 Å². The zero-order valence-electron chi connectivity index (χ0n) is 23.7. The van der Waals surface area contributed by atoms with E-state index in [2.05, 4.69) is 10.3 Å². The highest BCUT2D eigenvalue weighted by atomic mass is 19.4. The topological polar surface area (TPSA) is 129 Å². The number of halogens is 3. The Hall–Kier alpha value is -4.59. The minimum absolute atomic E-state index is 0.00470. The predicted octanol–water partition coefficient (Wildman–Crippen LogP) is 4.48. The van der Waals surface area contributed by atoms with Crippen molar-refractivity contribution in [3.8, 4) is 11.5 Å². The van der Waals surface area contributed by atoms with Crippen LogP contribution in [-0.2, 0) is 17.5 Å². The van der Waals surface area contributed by atoms with Gasteiger partial charge in [0.1, 0.15) is 23.5 Å². The number of ether oxygens (including phenoxy) is 3. The molecule has 2 aromatic carbocycles.